The molecule has 6 fully saturated rings. The van der Waals surface area contributed by atoms with Gasteiger partial charge in [0.2, 0.25) is 23.8 Å². The normalized spacial score (nSPS) is 16.4. The van der Waals surface area contributed by atoms with Crippen LogP contribution in [0.4, 0.5) is 51.3 Å². The number of H-pyrrole nitrogens is 4. The molecule has 7 amide bonds. The van der Waals surface area contributed by atoms with Gasteiger partial charge in [-0.25, -0.2) is 44.7 Å². The third kappa shape index (κ3) is 21.2. The Morgan fingerprint density at radius 3 is 1.11 bits per heavy atom. The van der Waals surface area contributed by atoms with Gasteiger partial charge in [0, 0.05) is 227 Å². The van der Waals surface area contributed by atoms with Crippen molar-refractivity contribution >= 4 is 126 Å². The Kier molecular flexibility index (Phi) is 27.0. The van der Waals surface area contributed by atoms with Crippen LogP contribution in [0.2, 0.25) is 0 Å². The minimum absolute atomic E-state index is 0.0283. The van der Waals surface area contributed by atoms with Gasteiger partial charge in [-0.1, -0.05) is 30.7 Å². The molecule has 0 radical (unpaired) electrons. The number of nitrogens with one attached hydrogen (secondary N) is 8. The van der Waals surface area contributed by atoms with Crippen LogP contribution in [0.15, 0.2) is 250 Å². The molecule has 13 aromatic heterocycles. The zero-order chi connectivity index (χ0) is 96.2. The molecule has 17 aromatic rings. The highest BCUT2D eigenvalue weighted by Gasteiger charge is 2.36. The van der Waals surface area contributed by atoms with Gasteiger partial charge < -0.3 is 89.5 Å². The number of benzene rings is 4. The Morgan fingerprint density at radius 2 is 0.704 bits per heavy atom. The minimum atomic E-state index is -0.318. The largest absolute Gasteiger partial charge is 0.378 e. The highest BCUT2D eigenvalue weighted by atomic mass is 16.5. The van der Waals surface area contributed by atoms with Crippen LogP contribution in [-0.2, 0) is 27.4 Å². The SMILES string of the molecule is O=C(c1cc2cc(Nc3nccc(-c4ccccn4)n3)ccc2[nH]1)N1CCN(C(=O)C2CCCO2)CC1.O=C(c1cc2cc(Nc3nccc(-c4ccccn4)n3)ccc2[nH]1)N1CCN(C(=O)N2CCOCC2)CC1.O=C(c1cc2cc(Nc3nccc(-c4ccccn4)n3)ccc2[nH]1)N1CCN2CCCCC2C1.O=C(c1cc2cc(Nc3nccc(-c4ccccn4)n3)ccc2[nH]1)N1CCn2cnnc2C1. The van der Waals surface area contributed by atoms with Crippen LogP contribution in [-0.4, -0.2) is 299 Å². The first kappa shape index (κ1) is 91.2. The van der Waals surface area contributed by atoms with E-state index in [1.807, 2.05) is 218 Å². The molecule has 0 aliphatic carbocycles. The Labute approximate surface area is 814 Å². The van der Waals surface area contributed by atoms with Gasteiger partial charge in [0.05, 0.1) is 65.3 Å². The van der Waals surface area contributed by atoms with E-state index in [2.05, 4.69) is 116 Å². The molecule has 2 atom stereocenters. The molecule has 0 saturated carbocycles. The summed E-state index contributed by atoms with van der Waals surface area (Å²) >= 11 is 0. The number of amides is 7. The quantitative estimate of drug-likeness (QED) is 0.0420. The second kappa shape index (κ2) is 42.0. The second-order valence-electron chi connectivity index (χ2n) is 35.2. The molecule has 7 aliphatic heterocycles. The van der Waals surface area contributed by atoms with Crippen molar-refractivity contribution in [3.05, 3.63) is 279 Å². The Hall–Kier alpha value is -17.2. The van der Waals surface area contributed by atoms with Crippen LogP contribution in [0.5, 0.6) is 0 Å². The fourth-order valence-corrected chi connectivity index (χ4v) is 18.5. The molecule has 39 heteroatoms. The lowest BCUT2D eigenvalue weighted by Crippen LogP contribution is -2.56. The summed E-state index contributed by atoms with van der Waals surface area (Å²) in [6.07, 6.45) is 20.6. The van der Waals surface area contributed by atoms with Crippen molar-refractivity contribution in [1.29, 1.82) is 0 Å². The molecule has 0 bridgehead atoms. The Bertz CT molecular complexity index is 7380. The van der Waals surface area contributed by atoms with Crippen LogP contribution in [0.1, 0.15) is 79.9 Å². The third-order valence-corrected chi connectivity index (χ3v) is 26.0. The maximum atomic E-state index is 13.2. The number of aromatic nitrogens is 19. The van der Waals surface area contributed by atoms with Crippen molar-refractivity contribution in [2.45, 2.75) is 57.3 Å². The third-order valence-electron chi connectivity index (χ3n) is 26.0. The van der Waals surface area contributed by atoms with Crippen LogP contribution >= 0.6 is 0 Å². The standard InChI is InChI=1S/C27H28N8O3.C27H27N7O3.C26H27N7O.C23H19N9O/c36-25(33-9-11-34(12-10-33)27(37)35-13-15-38-16-14-35)24-18-19-17-20(4-5-21(19)31-24)30-26-29-8-6-23(32-26)22-3-1-2-7-28-22;35-25(33-11-13-34(14-12-33)26(36)24-5-3-15-37-24)23-17-18-16-19(6-7-20(18)31-23)30-27-29-10-8-22(32-27)21-4-1-2-9-28-21;34-25(33-14-13-32-12-4-2-5-20(32)17-33)24-16-18-15-19(7-8-21(18)30-24)29-26-28-11-9-23(31-26)22-6-1-3-10-27-22;33-22(31-9-10-32-14-26-30-21(32)13-31)20-12-15-11-16(4-5-17(15)28-20)27-23-25-8-6-19(29-23)18-3-1-2-7-24-18/h1-8,17-18,31H,9-16H2,(H,29,30,32);1-2,4,6-10,16-17,24,31H,3,5,11-15H2,(H,29,30,32);1,3,6-11,15-16,20,30H,2,4-5,12-14,17H2,(H,28,29,31);1-8,11-12,14,28H,9-10,13H2,(H,25,27,29). The smallest absolute Gasteiger partial charge is 0.320 e. The van der Waals surface area contributed by atoms with Gasteiger partial charge in [0.25, 0.3) is 29.5 Å². The molecule has 2 unspecified atom stereocenters. The van der Waals surface area contributed by atoms with E-state index in [4.69, 9.17) is 9.47 Å². The monoisotopic (exact) mass is 1900 g/mol. The summed E-state index contributed by atoms with van der Waals surface area (Å²) in [5.41, 5.74) is 15.2. The molecule has 7 aliphatic rings. The fourth-order valence-electron chi connectivity index (χ4n) is 18.5. The number of hydrogen-bond acceptors (Lipinski definition) is 27. The predicted octanol–water partition coefficient (Wildman–Crippen LogP) is 13.3. The molecular formula is C103H101N31O8. The lowest BCUT2D eigenvalue weighted by Gasteiger charge is -2.43. The summed E-state index contributed by atoms with van der Waals surface area (Å²) in [5.74, 6) is 2.63. The van der Waals surface area contributed by atoms with E-state index in [9.17, 15) is 28.8 Å². The van der Waals surface area contributed by atoms with Crippen molar-refractivity contribution in [2.75, 3.05) is 139 Å². The average Bonchev–Trinajstić information content (AvgIpc) is 1.65. The summed E-state index contributed by atoms with van der Waals surface area (Å²) in [7, 11) is 0. The summed E-state index contributed by atoms with van der Waals surface area (Å²) < 4.78 is 12.8. The topological polar surface area (TPSA) is 443 Å². The second-order valence-corrected chi connectivity index (χ2v) is 35.2. The molecule has 6 saturated heterocycles. The number of urea groups is 1. The summed E-state index contributed by atoms with van der Waals surface area (Å²) in [5, 5.41) is 24.7. The molecule has 142 heavy (non-hydrogen) atoms. The number of hydrogen-bond donors (Lipinski definition) is 8. The number of anilines is 8. The number of carbonyl (C=O) groups excluding carboxylic acids is 6. The van der Waals surface area contributed by atoms with Gasteiger partial charge in [-0.2, -0.15) is 0 Å². The highest BCUT2D eigenvalue weighted by Crippen LogP contribution is 2.33. The zero-order valence-electron chi connectivity index (χ0n) is 77.6. The van der Waals surface area contributed by atoms with Crippen molar-refractivity contribution in [2.24, 2.45) is 0 Å². The number of morpholine rings is 1. The molecule has 20 heterocycles. The van der Waals surface area contributed by atoms with Gasteiger partial charge in [-0.15, -0.1) is 10.2 Å². The highest BCUT2D eigenvalue weighted by molar-refractivity contribution is 6.02. The van der Waals surface area contributed by atoms with Gasteiger partial charge >= 0.3 is 6.03 Å². The molecular weight excluding hydrogens is 1800 g/mol. The van der Waals surface area contributed by atoms with Gasteiger partial charge in [-0.3, -0.25) is 48.8 Å². The maximum Gasteiger partial charge on any atom is 0.320 e. The number of fused-ring (bicyclic) bond motifs is 6. The van der Waals surface area contributed by atoms with Crippen LogP contribution in [0.25, 0.3) is 89.2 Å². The van der Waals surface area contributed by atoms with E-state index < -0.39 is 0 Å². The number of rotatable bonds is 17. The molecule has 716 valence electrons. The minimum Gasteiger partial charge on any atom is -0.378 e. The van der Waals surface area contributed by atoms with E-state index in [0.717, 1.165) is 150 Å². The first-order valence-electron chi connectivity index (χ1n) is 47.6. The lowest BCUT2D eigenvalue weighted by molar-refractivity contribution is -0.142. The van der Waals surface area contributed by atoms with Gasteiger partial charge in [0.1, 0.15) is 35.2 Å². The average molecular weight is 1900 g/mol. The van der Waals surface area contributed by atoms with Crippen molar-refractivity contribution in [3.8, 4) is 45.6 Å². The maximum absolute atomic E-state index is 13.2. The van der Waals surface area contributed by atoms with Crippen LogP contribution in [0.3, 0.4) is 0 Å². The first-order valence-corrected chi connectivity index (χ1v) is 47.6. The summed E-state index contributed by atoms with van der Waals surface area (Å²) in [6.45, 7) is 12.7. The Balaban J connectivity index is 0.000000112. The van der Waals surface area contributed by atoms with Gasteiger partial charge in [0.15, 0.2) is 5.82 Å². The Morgan fingerprint density at radius 1 is 0.324 bits per heavy atom. The lowest BCUT2D eigenvalue weighted by atomic mass is 9.99. The first-order chi connectivity index (χ1) is 69.7. The van der Waals surface area contributed by atoms with E-state index in [0.29, 0.717) is 158 Å². The van der Waals surface area contributed by atoms with Crippen molar-refractivity contribution < 1.29 is 38.2 Å². The van der Waals surface area contributed by atoms with Crippen LogP contribution in [0, 0.1) is 0 Å². The summed E-state index contributed by atoms with van der Waals surface area (Å²) in [6, 6.07) is 61.5. The molecule has 24 rings (SSSR count). The van der Waals surface area contributed by atoms with Gasteiger partial charge in [-0.05, 0) is 202 Å². The van der Waals surface area contributed by atoms with Crippen LogP contribution < -0.4 is 21.3 Å². The molecule has 4 aromatic carbocycles. The number of aromatic amines is 4. The molecule has 0 spiro atoms. The van der Waals surface area contributed by atoms with Crippen molar-refractivity contribution in [1.82, 2.24) is 134 Å². The molecule has 39 nitrogen and oxygen atoms in total. The number of pyridine rings is 4. The predicted molar refractivity (Wildman–Crippen MR) is 534 cm³/mol. The molecule has 8 N–H and O–H groups in total. The number of nitrogens with zero attached hydrogens (tertiary/aromatic N) is 23. The fraction of sp³-hybridized carbons (Fsp3) is 0.262. The summed E-state index contributed by atoms with van der Waals surface area (Å²) in [4.78, 5) is 159. The van der Waals surface area contributed by atoms with E-state index in [1.54, 1.807) is 70.6 Å². The number of piperazine rings is 3. The zero-order valence-corrected chi connectivity index (χ0v) is 77.6. The number of ether oxygens (including phenoxy) is 2. The number of carbonyl (C=O) groups is 6. The van der Waals surface area contributed by atoms with E-state index in [1.165, 1.54) is 25.8 Å². The number of piperidine rings is 1. The van der Waals surface area contributed by atoms with E-state index >= 15 is 0 Å². The van der Waals surface area contributed by atoms with Crippen molar-refractivity contribution in [3.63, 3.8) is 0 Å². The van der Waals surface area contributed by atoms with E-state index in [-0.39, 0.29) is 41.7 Å².